The van der Waals surface area contributed by atoms with E-state index in [0.717, 1.165) is 5.75 Å². The molecule has 0 saturated heterocycles. The summed E-state index contributed by atoms with van der Waals surface area (Å²) < 4.78 is 0. The van der Waals surface area contributed by atoms with Gasteiger partial charge >= 0.3 is 0 Å². The summed E-state index contributed by atoms with van der Waals surface area (Å²) in [5.41, 5.74) is -0.268. The molecule has 0 radical (unpaired) electrons. The van der Waals surface area contributed by atoms with E-state index in [1.165, 1.54) is 0 Å². The second kappa shape index (κ2) is 3.59. The lowest BCUT2D eigenvalue weighted by molar-refractivity contribution is -0.274. The van der Waals surface area contributed by atoms with Gasteiger partial charge in [-0.3, -0.25) is 0 Å². The summed E-state index contributed by atoms with van der Waals surface area (Å²) in [5, 5.41) is 0. The smallest absolute Gasteiger partial charge is 0.165 e. The van der Waals surface area contributed by atoms with Gasteiger partial charge in [0, 0.05) is 0 Å². The van der Waals surface area contributed by atoms with Crippen LogP contribution in [-0.2, 0) is 4.89 Å². The fourth-order valence-electron chi connectivity index (χ4n) is 0.649. The fraction of sp³-hybridized carbons (Fsp3) is 0.400. The summed E-state index contributed by atoms with van der Waals surface area (Å²) in [4.78, 5) is 10.2. The van der Waals surface area contributed by atoms with Crippen molar-refractivity contribution in [2.24, 2.45) is 0 Å². The van der Waals surface area contributed by atoms with Gasteiger partial charge in [0.15, 0.2) is 5.75 Å². The zero-order valence-corrected chi connectivity index (χ0v) is 7.70. The first-order valence-electron chi connectivity index (χ1n) is 3.99. The Balaban J connectivity index is 2.44. The van der Waals surface area contributed by atoms with Crippen molar-refractivity contribution in [1.29, 1.82) is 0 Å². The van der Waals surface area contributed by atoms with Gasteiger partial charge in [-0.15, -0.1) is 0 Å². The van der Waals surface area contributed by atoms with E-state index < -0.39 is 0 Å². The second-order valence-electron chi connectivity index (χ2n) is 3.59. The SMILES string of the molecule is CC(C)(C)OOc1ccccc1. The number of benzene rings is 1. The van der Waals surface area contributed by atoms with Crippen LogP contribution in [-0.4, -0.2) is 5.60 Å². The predicted molar refractivity (Wildman–Crippen MR) is 47.9 cm³/mol. The minimum atomic E-state index is -0.268. The Morgan fingerprint density at radius 3 is 2.08 bits per heavy atom. The molecule has 1 aromatic rings. The molecule has 2 nitrogen and oxygen atoms in total. The van der Waals surface area contributed by atoms with Gasteiger partial charge in [-0.25, -0.2) is 0 Å². The molecule has 0 aromatic heterocycles. The van der Waals surface area contributed by atoms with Crippen molar-refractivity contribution in [2.75, 3.05) is 0 Å². The van der Waals surface area contributed by atoms with E-state index in [-0.39, 0.29) is 5.60 Å². The molecule has 0 aliphatic heterocycles. The number of rotatable bonds is 2. The van der Waals surface area contributed by atoms with Crippen LogP contribution in [0.3, 0.4) is 0 Å². The van der Waals surface area contributed by atoms with E-state index in [0.29, 0.717) is 0 Å². The zero-order valence-electron chi connectivity index (χ0n) is 7.70. The Labute approximate surface area is 73.0 Å². The molecule has 66 valence electrons. The number of hydrogen-bond acceptors (Lipinski definition) is 2. The van der Waals surface area contributed by atoms with Crippen LogP contribution in [0.15, 0.2) is 30.3 Å². The van der Waals surface area contributed by atoms with Crippen molar-refractivity contribution in [3.63, 3.8) is 0 Å². The average molecular weight is 166 g/mol. The highest BCUT2D eigenvalue weighted by atomic mass is 17.2. The van der Waals surface area contributed by atoms with Gasteiger partial charge < -0.3 is 4.89 Å². The normalized spacial score (nSPS) is 11.2. The van der Waals surface area contributed by atoms with Crippen molar-refractivity contribution >= 4 is 0 Å². The van der Waals surface area contributed by atoms with E-state index in [1.807, 2.05) is 51.1 Å². The first-order valence-corrected chi connectivity index (χ1v) is 3.99. The third-order valence-electron chi connectivity index (χ3n) is 1.13. The Morgan fingerprint density at radius 2 is 1.58 bits per heavy atom. The maximum absolute atomic E-state index is 5.12. The minimum Gasteiger partial charge on any atom is -0.337 e. The van der Waals surface area contributed by atoms with Crippen molar-refractivity contribution in [3.8, 4) is 5.75 Å². The molecule has 1 aromatic carbocycles. The highest BCUT2D eigenvalue weighted by Crippen LogP contribution is 2.13. The molecular weight excluding hydrogens is 152 g/mol. The van der Waals surface area contributed by atoms with Crippen molar-refractivity contribution in [2.45, 2.75) is 26.4 Å². The molecule has 0 amide bonds. The standard InChI is InChI=1S/C10H14O2/c1-10(2,3)12-11-9-7-5-4-6-8-9/h4-8H,1-3H3. The third kappa shape index (κ3) is 3.39. The topological polar surface area (TPSA) is 18.5 Å². The van der Waals surface area contributed by atoms with Gasteiger partial charge in [0.25, 0.3) is 0 Å². The average Bonchev–Trinajstić information content (AvgIpc) is 2.02. The molecule has 0 unspecified atom stereocenters. The highest BCUT2D eigenvalue weighted by Gasteiger charge is 2.11. The molecule has 0 spiro atoms. The minimum absolute atomic E-state index is 0.268. The third-order valence-corrected chi connectivity index (χ3v) is 1.13. The van der Waals surface area contributed by atoms with E-state index in [4.69, 9.17) is 9.78 Å². The van der Waals surface area contributed by atoms with Crippen LogP contribution in [0.4, 0.5) is 0 Å². The van der Waals surface area contributed by atoms with E-state index in [1.54, 1.807) is 0 Å². The van der Waals surface area contributed by atoms with Crippen LogP contribution < -0.4 is 4.89 Å². The summed E-state index contributed by atoms with van der Waals surface area (Å²) in [7, 11) is 0. The van der Waals surface area contributed by atoms with E-state index in [2.05, 4.69) is 0 Å². The molecule has 0 bridgehead atoms. The molecule has 1 rings (SSSR count). The van der Waals surface area contributed by atoms with Crippen LogP contribution in [0, 0.1) is 0 Å². The van der Waals surface area contributed by atoms with Crippen molar-refractivity contribution in [3.05, 3.63) is 30.3 Å². The van der Waals surface area contributed by atoms with Gasteiger partial charge in [0.2, 0.25) is 0 Å². The lowest BCUT2D eigenvalue weighted by Crippen LogP contribution is -2.21. The molecule has 0 aliphatic rings. The maximum Gasteiger partial charge on any atom is 0.165 e. The van der Waals surface area contributed by atoms with Crippen LogP contribution in [0.1, 0.15) is 20.8 Å². The van der Waals surface area contributed by atoms with Crippen LogP contribution >= 0.6 is 0 Å². The van der Waals surface area contributed by atoms with E-state index >= 15 is 0 Å². The molecule has 12 heavy (non-hydrogen) atoms. The largest absolute Gasteiger partial charge is 0.337 e. The Kier molecular flexibility index (Phi) is 2.71. The summed E-state index contributed by atoms with van der Waals surface area (Å²) in [6, 6.07) is 9.45. The van der Waals surface area contributed by atoms with Crippen LogP contribution in [0.25, 0.3) is 0 Å². The maximum atomic E-state index is 5.12. The lowest BCUT2D eigenvalue weighted by atomic mass is 10.2. The Morgan fingerprint density at radius 1 is 1.00 bits per heavy atom. The fourth-order valence-corrected chi connectivity index (χ4v) is 0.649. The molecule has 0 heterocycles. The number of hydrogen-bond donors (Lipinski definition) is 0. The summed E-state index contributed by atoms with van der Waals surface area (Å²) in [5.74, 6) is 0.729. The van der Waals surface area contributed by atoms with Gasteiger partial charge in [-0.2, -0.15) is 4.89 Å². The first-order chi connectivity index (χ1) is 5.58. The Bertz CT molecular complexity index is 223. The summed E-state index contributed by atoms with van der Waals surface area (Å²) in [6.45, 7) is 5.82. The summed E-state index contributed by atoms with van der Waals surface area (Å²) >= 11 is 0. The van der Waals surface area contributed by atoms with E-state index in [9.17, 15) is 0 Å². The Hall–Kier alpha value is -1.02. The molecule has 2 heteroatoms. The molecule has 0 N–H and O–H groups in total. The van der Waals surface area contributed by atoms with Gasteiger partial charge in [0.1, 0.15) is 5.60 Å². The molecule has 0 atom stereocenters. The lowest BCUT2D eigenvalue weighted by Gasteiger charge is -2.17. The summed E-state index contributed by atoms with van der Waals surface area (Å²) in [6.07, 6.45) is 0. The van der Waals surface area contributed by atoms with Gasteiger partial charge in [0.05, 0.1) is 0 Å². The first kappa shape index (κ1) is 9.07. The van der Waals surface area contributed by atoms with Crippen molar-refractivity contribution < 1.29 is 9.78 Å². The predicted octanol–water partition coefficient (Wildman–Crippen LogP) is 2.80. The highest BCUT2D eigenvalue weighted by molar-refractivity contribution is 5.20. The quantitative estimate of drug-likeness (QED) is 0.497. The van der Waals surface area contributed by atoms with Gasteiger partial charge in [-0.05, 0) is 32.9 Å². The van der Waals surface area contributed by atoms with Gasteiger partial charge in [-0.1, -0.05) is 18.2 Å². The molecule has 0 saturated carbocycles. The monoisotopic (exact) mass is 166 g/mol. The molecular formula is C10H14O2. The second-order valence-corrected chi connectivity index (χ2v) is 3.59. The number of para-hydroxylation sites is 1. The zero-order chi connectivity index (χ0) is 9.03. The van der Waals surface area contributed by atoms with Crippen molar-refractivity contribution in [1.82, 2.24) is 0 Å². The molecule has 0 fully saturated rings. The van der Waals surface area contributed by atoms with Crippen LogP contribution in [0.5, 0.6) is 5.75 Å². The van der Waals surface area contributed by atoms with Crippen LogP contribution in [0.2, 0.25) is 0 Å². The molecule has 0 aliphatic carbocycles.